The molecule has 1 aliphatic carbocycles. The van der Waals surface area contributed by atoms with E-state index in [0.717, 1.165) is 13.0 Å². The van der Waals surface area contributed by atoms with Gasteiger partial charge in [-0.2, -0.15) is 0 Å². The Hall–Kier alpha value is -0.0800. The molecule has 1 atom stereocenters. The Kier molecular flexibility index (Phi) is 5.40. The van der Waals surface area contributed by atoms with Crippen molar-refractivity contribution in [2.45, 2.75) is 64.0 Å². The van der Waals surface area contributed by atoms with Gasteiger partial charge < -0.3 is 10.4 Å². The first-order valence-electron chi connectivity index (χ1n) is 5.74. The maximum absolute atomic E-state index is 9.40. The van der Waals surface area contributed by atoms with Gasteiger partial charge in [0.2, 0.25) is 0 Å². The molecule has 1 fully saturated rings. The van der Waals surface area contributed by atoms with E-state index in [1.54, 1.807) is 0 Å². The first kappa shape index (κ1) is 11.0. The number of hydrogen-bond donors (Lipinski definition) is 2. The molecule has 0 radical (unpaired) electrons. The summed E-state index contributed by atoms with van der Waals surface area (Å²) in [5, 5.41) is 12.9. The van der Waals surface area contributed by atoms with Crippen molar-refractivity contribution in [1.82, 2.24) is 5.32 Å². The van der Waals surface area contributed by atoms with Crippen molar-refractivity contribution in [3.8, 4) is 0 Å². The third-order valence-corrected chi connectivity index (χ3v) is 2.97. The molecule has 0 spiro atoms. The zero-order chi connectivity index (χ0) is 9.52. The second kappa shape index (κ2) is 6.39. The van der Waals surface area contributed by atoms with Crippen molar-refractivity contribution in [1.29, 1.82) is 0 Å². The van der Waals surface area contributed by atoms with Gasteiger partial charge in [-0.05, 0) is 19.3 Å². The molecule has 0 aromatic rings. The van der Waals surface area contributed by atoms with Crippen LogP contribution in [-0.2, 0) is 0 Å². The van der Waals surface area contributed by atoms with Crippen LogP contribution in [0, 0.1) is 0 Å². The number of aliphatic hydroxyl groups is 1. The zero-order valence-electron chi connectivity index (χ0n) is 8.76. The minimum atomic E-state index is -0.150. The van der Waals surface area contributed by atoms with Crippen LogP contribution in [0.25, 0.3) is 0 Å². The van der Waals surface area contributed by atoms with Gasteiger partial charge in [-0.25, -0.2) is 0 Å². The van der Waals surface area contributed by atoms with E-state index >= 15 is 0 Å². The molecule has 1 saturated carbocycles. The van der Waals surface area contributed by atoms with Gasteiger partial charge in [0.15, 0.2) is 0 Å². The van der Waals surface area contributed by atoms with Crippen molar-refractivity contribution < 1.29 is 5.11 Å². The summed E-state index contributed by atoms with van der Waals surface area (Å²) in [7, 11) is 0. The smallest absolute Gasteiger partial charge is 0.0662 e. The van der Waals surface area contributed by atoms with Gasteiger partial charge in [0.05, 0.1) is 6.10 Å². The molecule has 0 aromatic carbocycles. The van der Waals surface area contributed by atoms with E-state index in [1.165, 1.54) is 38.5 Å². The van der Waals surface area contributed by atoms with Crippen molar-refractivity contribution in [2.24, 2.45) is 0 Å². The van der Waals surface area contributed by atoms with Crippen LogP contribution in [0.15, 0.2) is 0 Å². The van der Waals surface area contributed by atoms with E-state index in [0.29, 0.717) is 6.04 Å². The summed E-state index contributed by atoms with van der Waals surface area (Å²) in [6, 6.07) is 0.670. The Balaban J connectivity index is 2.11. The molecule has 1 aliphatic rings. The Bertz CT molecular complexity index is 119. The predicted octanol–water partition coefficient (Wildman–Crippen LogP) is 2.07. The molecule has 0 aliphatic heterocycles. The van der Waals surface area contributed by atoms with E-state index in [2.05, 4.69) is 5.32 Å². The molecule has 0 bridgehead atoms. The zero-order valence-corrected chi connectivity index (χ0v) is 8.76. The third kappa shape index (κ3) is 4.63. The number of nitrogens with one attached hydrogen (secondary N) is 1. The summed E-state index contributed by atoms with van der Waals surface area (Å²) >= 11 is 0. The lowest BCUT2D eigenvalue weighted by atomic mass is 10.1. The fourth-order valence-corrected chi connectivity index (χ4v) is 1.93. The molecule has 1 rings (SSSR count). The summed E-state index contributed by atoms with van der Waals surface area (Å²) in [6.45, 7) is 2.81. The first-order chi connectivity index (χ1) is 6.33. The number of aliphatic hydroxyl groups excluding tert-OH is 1. The van der Waals surface area contributed by atoms with Crippen LogP contribution in [-0.4, -0.2) is 23.8 Å². The van der Waals surface area contributed by atoms with Gasteiger partial charge in [0.1, 0.15) is 0 Å². The molecule has 2 nitrogen and oxygen atoms in total. The molecular formula is C11H23NO. The van der Waals surface area contributed by atoms with Crippen molar-refractivity contribution in [3.63, 3.8) is 0 Å². The van der Waals surface area contributed by atoms with Gasteiger partial charge in [0, 0.05) is 12.6 Å². The molecule has 2 N–H and O–H groups in total. The van der Waals surface area contributed by atoms with Crippen molar-refractivity contribution in [2.75, 3.05) is 6.54 Å². The lowest BCUT2D eigenvalue weighted by Crippen LogP contribution is -2.35. The van der Waals surface area contributed by atoms with Crippen molar-refractivity contribution in [3.05, 3.63) is 0 Å². The average Bonchev–Trinajstić information content (AvgIpc) is 2.42. The first-order valence-corrected chi connectivity index (χ1v) is 5.74. The Labute approximate surface area is 81.7 Å². The van der Waals surface area contributed by atoms with E-state index in [-0.39, 0.29) is 6.10 Å². The molecule has 1 unspecified atom stereocenters. The highest BCUT2D eigenvalue weighted by atomic mass is 16.3. The van der Waals surface area contributed by atoms with E-state index in [4.69, 9.17) is 0 Å². The summed E-state index contributed by atoms with van der Waals surface area (Å²) in [4.78, 5) is 0. The minimum absolute atomic E-state index is 0.150. The van der Waals surface area contributed by atoms with Crippen LogP contribution in [0.1, 0.15) is 51.9 Å². The van der Waals surface area contributed by atoms with Gasteiger partial charge >= 0.3 is 0 Å². The maximum Gasteiger partial charge on any atom is 0.0662 e. The molecule has 78 valence electrons. The summed E-state index contributed by atoms with van der Waals surface area (Å²) in [5.74, 6) is 0. The largest absolute Gasteiger partial charge is 0.392 e. The quantitative estimate of drug-likeness (QED) is 0.657. The van der Waals surface area contributed by atoms with Crippen molar-refractivity contribution >= 4 is 0 Å². The molecule has 13 heavy (non-hydrogen) atoms. The number of rotatable bonds is 4. The fraction of sp³-hybridized carbons (Fsp3) is 1.00. The highest BCUT2D eigenvalue weighted by Crippen LogP contribution is 2.17. The highest BCUT2D eigenvalue weighted by molar-refractivity contribution is 4.71. The minimum Gasteiger partial charge on any atom is -0.392 e. The lowest BCUT2D eigenvalue weighted by molar-refractivity contribution is 0.161. The molecule has 0 heterocycles. The van der Waals surface area contributed by atoms with Crippen LogP contribution in [0.5, 0.6) is 0 Å². The van der Waals surface area contributed by atoms with Crippen LogP contribution in [0.4, 0.5) is 0 Å². The van der Waals surface area contributed by atoms with Gasteiger partial charge in [-0.3, -0.25) is 0 Å². The standard InChI is InChI=1S/C11H23NO/c1-2-11(13)9-12-10-7-5-3-4-6-8-10/h10-13H,2-9H2,1H3. The number of hydrogen-bond acceptors (Lipinski definition) is 2. The van der Waals surface area contributed by atoms with Gasteiger partial charge in [-0.15, -0.1) is 0 Å². The predicted molar refractivity (Wildman–Crippen MR) is 55.8 cm³/mol. The Morgan fingerprint density at radius 3 is 2.38 bits per heavy atom. The summed E-state index contributed by atoms with van der Waals surface area (Å²) in [5.41, 5.74) is 0. The second-order valence-electron chi connectivity index (χ2n) is 4.16. The van der Waals surface area contributed by atoms with E-state index in [1.807, 2.05) is 6.92 Å². The summed E-state index contributed by atoms with van der Waals surface area (Å²) in [6.07, 6.45) is 8.83. The third-order valence-electron chi connectivity index (χ3n) is 2.97. The highest BCUT2D eigenvalue weighted by Gasteiger charge is 2.12. The molecule has 0 aromatic heterocycles. The monoisotopic (exact) mass is 185 g/mol. The normalized spacial score (nSPS) is 22.6. The van der Waals surface area contributed by atoms with Crippen LogP contribution in [0.2, 0.25) is 0 Å². The SMILES string of the molecule is CCC(O)CNC1CCCCCC1. The van der Waals surface area contributed by atoms with Gasteiger partial charge in [0.25, 0.3) is 0 Å². The fourth-order valence-electron chi connectivity index (χ4n) is 1.93. The molecule has 0 saturated heterocycles. The Morgan fingerprint density at radius 2 is 1.85 bits per heavy atom. The lowest BCUT2D eigenvalue weighted by Gasteiger charge is -2.18. The Morgan fingerprint density at radius 1 is 1.23 bits per heavy atom. The molecular weight excluding hydrogens is 162 g/mol. The van der Waals surface area contributed by atoms with E-state index in [9.17, 15) is 5.11 Å². The maximum atomic E-state index is 9.40. The summed E-state index contributed by atoms with van der Waals surface area (Å²) < 4.78 is 0. The second-order valence-corrected chi connectivity index (χ2v) is 4.16. The van der Waals surface area contributed by atoms with Gasteiger partial charge in [-0.1, -0.05) is 32.6 Å². The topological polar surface area (TPSA) is 32.3 Å². The van der Waals surface area contributed by atoms with Crippen LogP contribution < -0.4 is 5.32 Å². The molecule has 2 heteroatoms. The van der Waals surface area contributed by atoms with E-state index < -0.39 is 0 Å². The van der Waals surface area contributed by atoms with Crippen LogP contribution in [0.3, 0.4) is 0 Å². The van der Waals surface area contributed by atoms with Crippen LogP contribution >= 0.6 is 0 Å². The average molecular weight is 185 g/mol. The molecule has 0 amide bonds.